The van der Waals surface area contributed by atoms with E-state index in [-0.39, 0.29) is 5.79 Å². The minimum atomic E-state index is -0.316. The van der Waals surface area contributed by atoms with Gasteiger partial charge in [0.15, 0.2) is 5.79 Å². The zero-order chi connectivity index (χ0) is 13.9. The molecule has 116 valence electrons. The molecule has 0 radical (unpaired) electrons. The van der Waals surface area contributed by atoms with Crippen LogP contribution < -0.4 is 0 Å². The molecule has 1 spiro atoms. The summed E-state index contributed by atoms with van der Waals surface area (Å²) in [5, 5.41) is 0. The topological polar surface area (TPSA) is 18.5 Å². The monoisotopic (exact) mass is 288 g/mol. The first-order valence-corrected chi connectivity index (χ1v) is 9.34. The van der Waals surface area contributed by atoms with E-state index in [0.717, 1.165) is 49.2 Å². The summed E-state index contributed by atoms with van der Waals surface area (Å²) in [7, 11) is 0. The van der Waals surface area contributed by atoms with Gasteiger partial charge in [0.1, 0.15) is 0 Å². The van der Waals surface area contributed by atoms with Crippen LogP contribution in [0.4, 0.5) is 0 Å². The third-order valence-corrected chi connectivity index (χ3v) is 7.43. The van der Waals surface area contributed by atoms with Gasteiger partial charge in [0.25, 0.3) is 0 Å². The highest BCUT2D eigenvalue weighted by Crippen LogP contribution is 2.57. The molecule has 2 nitrogen and oxygen atoms in total. The molecule has 0 aromatic carbocycles. The van der Waals surface area contributed by atoms with E-state index < -0.39 is 0 Å². The second-order valence-electron chi connectivity index (χ2n) is 8.17. The van der Waals surface area contributed by atoms with Crippen molar-refractivity contribution in [2.45, 2.75) is 63.6 Å². The highest BCUT2D eigenvalue weighted by Gasteiger charge is 2.49. The van der Waals surface area contributed by atoms with Crippen molar-refractivity contribution in [1.29, 1.82) is 0 Å². The Bertz CT molecular complexity index is 448. The van der Waals surface area contributed by atoms with Gasteiger partial charge in [0.05, 0.1) is 13.2 Å². The van der Waals surface area contributed by atoms with Crippen LogP contribution in [0.2, 0.25) is 0 Å². The molecule has 21 heavy (non-hydrogen) atoms. The number of rotatable bonds is 0. The van der Waals surface area contributed by atoms with Crippen LogP contribution in [0.1, 0.15) is 57.8 Å². The van der Waals surface area contributed by atoms with E-state index in [1.54, 1.807) is 5.57 Å². The SMILES string of the molecule is C1=C2CCC3C4CCCC4CCC3C2CCC12OCCO2. The highest BCUT2D eigenvalue weighted by atomic mass is 16.7. The molecule has 1 aliphatic heterocycles. The maximum Gasteiger partial charge on any atom is 0.188 e. The smallest absolute Gasteiger partial charge is 0.188 e. The van der Waals surface area contributed by atoms with Crippen molar-refractivity contribution < 1.29 is 9.47 Å². The molecule has 5 unspecified atom stereocenters. The fraction of sp³-hybridized carbons (Fsp3) is 0.895. The molecule has 4 aliphatic carbocycles. The Balaban J connectivity index is 1.41. The second kappa shape index (κ2) is 4.83. The van der Waals surface area contributed by atoms with Crippen LogP contribution in [-0.4, -0.2) is 19.0 Å². The molecule has 1 heterocycles. The molecule has 0 aromatic rings. The van der Waals surface area contributed by atoms with Crippen molar-refractivity contribution in [2.24, 2.45) is 29.6 Å². The lowest BCUT2D eigenvalue weighted by Crippen LogP contribution is -2.43. The normalized spacial score (nSPS) is 47.6. The zero-order valence-corrected chi connectivity index (χ0v) is 13.1. The van der Waals surface area contributed by atoms with E-state index in [1.807, 2.05) is 0 Å². The lowest BCUT2D eigenvalue weighted by Gasteiger charge is -2.50. The molecule has 0 bridgehead atoms. The molecule has 5 aliphatic rings. The van der Waals surface area contributed by atoms with Gasteiger partial charge in [-0.25, -0.2) is 0 Å². The maximum atomic E-state index is 5.94. The van der Waals surface area contributed by atoms with Crippen LogP contribution in [0.25, 0.3) is 0 Å². The fourth-order valence-corrected chi connectivity index (χ4v) is 6.64. The summed E-state index contributed by atoms with van der Waals surface area (Å²) >= 11 is 0. The Morgan fingerprint density at radius 1 is 0.857 bits per heavy atom. The first-order valence-electron chi connectivity index (χ1n) is 9.34. The average molecular weight is 288 g/mol. The van der Waals surface area contributed by atoms with Crippen molar-refractivity contribution in [3.8, 4) is 0 Å². The first-order chi connectivity index (χ1) is 10.3. The van der Waals surface area contributed by atoms with Gasteiger partial charge in [-0.3, -0.25) is 0 Å². The molecular weight excluding hydrogens is 260 g/mol. The Labute approximate surface area is 128 Å². The van der Waals surface area contributed by atoms with E-state index >= 15 is 0 Å². The van der Waals surface area contributed by atoms with E-state index in [9.17, 15) is 0 Å². The van der Waals surface area contributed by atoms with Gasteiger partial charge in [-0.15, -0.1) is 0 Å². The molecule has 0 amide bonds. The number of ether oxygens (including phenoxy) is 2. The molecular formula is C19H28O2. The summed E-state index contributed by atoms with van der Waals surface area (Å²) in [5.74, 6) is 4.76. The third-order valence-electron chi connectivity index (χ3n) is 7.43. The van der Waals surface area contributed by atoms with Crippen LogP contribution in [0.5, 0.6) is 0 Å². The largest absolute Gasteiger partial charge is 0.344 e. The zero-order valence-electron chi connectivity index (χ0n) is 13.1. The number of hydrogen-bond acceptors (Lipinski definition) is 2. The van der Waals surface area contributed by atoms with Crippen LogP contribution >= 0.6 is 0 Å². The van der Waals surface area contributed by atoms with E-state index in [4.69, 9.17) is 9.47 Å². The van der Waals surface area contributed by atoms with Gasteiger partial charge in [0.2, 0.25) is 0 Å². The minimum Gasteiger partial charge on any atom is -0.344 e. The Morgan fingerprint density at radius 2 is 1.76 bits per heavy atom. The van der Waals surface area contributed by atoms with Crippen molar-refractivity contribution in [3.05, 3.63) is 11.6 Å². The Morgan fingerprint density at radius 3 is 2.67 bits per heavy atom. The van der Waals surface area contributed by atoms with Crippen molar-refractivity contribution in [3.63, 3.8) is 0 Å². The van der Waals surface area contributed by atoms with Crippen LogP contribution in [0, 0.1) is 29.6 Å². The molecule has 0 aromatic heterocycles. The molecule has 5 rings (SSSR count). The summed E-state index contributed by atoms with van der Waals surface area (Å²) in [6.07, 6.45) is 15.2. The van der Waals surface area contributed by atoms with Crippen molar-refractivity contribution >= 4 is 0 Å². The standard InChI is InChI=1S/C19H28O2/c1-2-13-4-6-18-16-8-9-19(20-10-11-21-19)12-14(16)5-7-17(18)15(13)3-1/h12-13,15-18H,1-11H2. The predicted octanol–water partition coefficient (Wildman–Crippen LogP) is 4.30. The number of fused-ring (bicyclic) bond motifs is 5. The molecule has 5 atom stereocenters. The maximum absolute atomic E-state index is 5.94. The molecule has 4 fully saturated rings. The summed E-state index contributed by atoms with van der Waals surface area (Å²) in [6.45, 7) is 1.56. The van der Waals surface area contributed by atoms with Crippen molar-refractivity contribution in [1.82, 2.24) is 0 Å². The lowest BCUT2D eigenvalue weighted by molar-refractivity contribution is -0.133. The average Bonchev–Trinajstić information content (AvgIpc) is 3.16. The summed E-state index contributed by atoms with van der Waals surface area (Å²) in [5.41, 5.74) is 1.70. The Kier molecular flexibility index (Phi) is 3.02. The van der Waals surface area contributed by atoms with Gasteiger partial charge in [-0.2, -0.15) is 0 Å². The van der Waals surface area contributed by atoms with Gasteiger partial charge in [0, 0.05) is 6.42 Å². The van der Waals surface area contributed by atoms with Crippen LogP contribution in [0.15, 0.2) is 11.6 Å². The van der Waals surface area contributed by atoms with Crippen molar-refractivity contribution in [2.75, 3.05) is 13.2 Å². The predicted molar refractivity (Wildman–Crippen MR) is 81.7 cm³/mol. The molecule has 1 saturated heterocycles. The minimum absolute atomic E-state index is 0.316. The summed E-state index contributed by atoms with van der Waals surface area (Å²) in [4.78, 5) is 0. The third kappa shape index (κ3) is 1.98. The lowest BCUT2D eigenvalue weighted by atomic mass is 9.56. The van der Waals surface area contributed by atoms with Crippen LogP contribution in [-0.2, 0) is 9.47 Å². The van der Waals surface area contributed by atoms with E-state index in [0.29, 0.717) is 0 Å². The van der Waals surface area contributed by atoms with E-state index in [2.05, 4.69) is 6.08 Å². The molecule has 0 N–H and O–H groups in total. The highest BCUT2D eigenvalue weighted by molar-refractivity contribution is 5.21. The summed E-state index contributed by atoms with van der Waals surface area (Å²) in [6, 6.07) is 0. The van der Waals surface area contributed by atoms with Gasteiger partial charge in [-0.1, -0.05) is 18.4 Å². The number of hydrogen-bond donors (Lipinski definition) is 0. The second-order valence-corrected chi connectivity index (χ2v) is 8.17. The van der Waals surface area contributed by atoms with E-state index in [1.165, 1.54) is 51.4 Å². The fourth-order valence-electron chi connectivity index (χ4n) is 6.64. The molecule has 3 saturated carbocycles. The molecule has 2 heteroatoms. The van der Waals surface area contributed by atoms with Gasteiger partial charge >= 0.3 is 0 Å². The number of allylic oxidation sites excluding steroid dienone is 1. The quantitative estimate of drug-likeness (QED) is 0.619. The summed E-state index contributed by atoms with van der Waals surface area (Å²) < 4.78 is 11.9. The van der Waals surface area contributed by atoms with Crippen LogP contribution in [0.3, 0.4) is 0 Å². The Hall–Kier alpha value is -0.340. The first kappa shape index (κ1) is 13.1. The van der Waals surface area contributed by atoms with Gasteiger partial charge in [-0.05, 0) is 74.2 Å². The van der Waals surface area contributed by atoms with Gasteiger partial charge < -0.3 is 9.47 Å².